The number of carbonyl (C=O) groups is 2. The van der Waals surface area contributed by atoms with Crippen LogP contribution in [0.3, 0.4) is 0 Å². The van der Waals surface area contributed by atoms with Crippen LogP contribution in [-0.4, -0.2) is 27.2 Å². The minimum atomic E-state index is -1.12. The molecule has 6 nitrogen and oxygen atoms in total. The van der Waals surface area contributed by atoms with E-state index >= 15 is 0 Å². The summed E-state index contributed by atoms with van der Waals surface area (Å²) in [4.78, 5) is 22.6. The number of carboxylic acids is 1. The van der Waals surface area contributed by atoms with Crippen molar-refractivity contribution in [2.24, 2.45) is 0 Å². The van der Waals surface area contributed by atoms with Crippen molar-refractivity contribution < 1.29 is 14.7 Å². The molecule has 0 saturated heterocycles. The Morgan fingerprint density at radius 1 is 1.37 bits per heavy atom. The summed E-state index contributed by atoms with van der Waals surface area (Å²) in [5.74, 6) is -1.52. The summed E-state index contributed by atoms with van der Waals surface area (Å²) in [7, 11) is 0. The van der Waals surface area contributed by atoms with E-state index in [1.807, 2.05) is 0 Å². The van der Waals surface area contributed by atoms with Crippen LogP contribution in [0, 0.1) is 6.92 Å². The molecule has 0 aliphatic rings. The fourth-order valence-corrected chi connectivity index (χ4v) is 1.76. The highest BCUT2D eigenvalue weighted by molar-refractivity contribution is 6.33. The van der Waals surface area contributed by atoms with E-state index in [1.54, 1.807) is 13.0 Å². The van der Waals surface area contributed by atoms with E-state index in [1.165, 1.54) is 18.2 Å². The third-order valence-electron chi connectivity index (χ3n) is 2.40. The molecule has 1 heterocycles. The molecular formula is C12H10ClN3O3. The first kappa shape index (κ1) is 13.1. The second-order valence-corrected chi connectivity index (χ2v) is 4.30. The number of H-pyrrole nitrogens is 1. The number of aryl methyl sites for hydroxylation is 1. The highest BCUT2D eigenvalue weighted by Gasteiger charge is 2.12. The molecule has 2 aromatic rings. The molecule has 0 bridgehead atoms. The maximum atomic E-state index is 11.8. The maximum Gasteiger partial charge on any atom is 0.337 e. The lowest BCUT2D eigenvalue weighted by Gasteiger charge is -2.05. The summed E-state index contributed by atoms with van der Waals surface area (Å²) >= 11 is 5.80. The lowest BCUT2D eigenvalue weighted by molar-refractivity contribution is 0.0697. The molecule has 1 aromatic heterocycles. The number of hydrogen-bond acceptors (Lipinski definition) is 3. The molecular weight excluding hydrogens is 270 g/mol. The van der Waals surface area contributed by atoms with Crippen LogP contribution in [0.1, 0.15) is 26.5 Å². The number of halogens is 1. The van der Waals surface area contributed by atoms with Crippen LogP contribution >= 0.6 is 11.6 Å². The number of carboxylic acid groups (broad SMARTS) is 1. The Hall–Kier alpha value is -2.34. The van der Waals surface area contributed by atoms with Gasteiger partial charge in [-0.3, -0.25) is 9.89 Å². The number of hydrogen-bond donors (Lipinski definition) is 3. The molecule has 0 atom stereocenters. The minimum absolute atomic E-state index is 0.0183. The molecule has 7 heteroatoms. The van der Waals surface area contributed by atoms with Gasteiger partial charge in [0.2, 0.25) is 0 Å². The lowest BCUT2D eigenvalue weighted by atomic mass is 10.2. The largest absolute Gasteiger partial charge is 0.478 e. The van der Waals surface area contributed by atoms with Gasteiger partial charge < -0.3 is 10.4 Å². The fourth-order valence-electron chi connectivity index (χ4n) is 1.50. The number of nitrogens with one attached hydrogen (secondary N) is 2. The zero-order valence-corrected chi connectivity index (χ0v) is 10.7. The molecule has 19 heavy (non-hydrogen) atoms. The van der Waals surface area contributed by atoms with Crippen LogP contribution in [0.2, 0.25) is 5.02 Å². The van der Waals surface area contributed by atoms with Crippen molar-refractivity contribution in [2.75, 3.05) is 5.32 Å². The Labute approximate surface area is 113 Å². The van der Waals surface area contributed by atoms with Gasteiger partial charge in [-0.2, -0.15) is 5.10 Å². The van der Waals surface area contributed by atoms with Gasteiger partial charge in [0.25, 0.3) is 5.91 Å². The van der Waals surface area contributed by atoms with Crippen LogP contribution in [0.4, 0.5) is 5.69 Å². The third kappa shape index (κ3) is 2.92. The number of aromatic carboxylic acids is 1. The number of aromatic nitrogens is 2. The number of nitrogens with zero attached hydrogens (tertiary/aromatic N) is 1. The lowest BCUT2D eigenvalue weighted by Crippen LogP contribution is -2.12. The van der Waals surface area contributed by atoms with Crippen molar-refractivity contribution in [3.8, 4) is 0 Å². The van der Waals surface area contributed by atoms with Gasteiger partial charge in [0.1, 0.15) is 0 Å². The third-order valence-corrected chi connectivity index (χ3v) is 2.71. The van der Waals surface area contributed by atoms with Gasteiger partial charge in [0.15, 0.2) is 5.69 Å². The fraction of sp³-hybridized carbons (Fsp3) is 0.0833. The van der Waals surface area contributed by atoms with Crippen molar-refractivity contribution in [3.63, 3.8) is 0 Å². The number of amides is 1. The summed E-state index contributed by atoms with van der Waals surface area (Å²) in [5.41, 5.74) is 1.40. The molecule has 0 spiro atoms. The number of aromatic amines is 1. The number of anilines is 1. The van der Waals surface area contributed by atoms with Gasteiger partial charge in [-0.25, -0.2) is 4.79 Å². The molecule has 1 amide bonds. The van der Waals surface area contributed by atoms with Crippen molar-refractivity contribution in [1.29, 1.82) is 0 Å². The normalized spacial score (nSPS) is 10.2. The highest BCUT2D eigenvalue weighted by Crippen LogP contribution is 2.21. The second-order valence-electron chi connectivity index (χ2n) is 3.89. The van der Waals surface area contributed by atoms with Crippen molar-refractivity contribution in [1.82, 2.24) is 10.2 Å². The second kappa shape index (κ2) is 5.11. The van der Waals surface area contributed by atoms with Gasteiger partial charge >= 0.3 is 5.97 Å². The minimum Gasteiger partial charge on any atom is -0.478 e. The predicted octanol–water partition coefficient (Wildman–Crippen LogP) is 2.32. The van der Waals surface area contributed by atoms with E-state index in [4.69, 9.17) is 16.7 Å². The zero-order valence-electron chi connectivity index (χ0n) is 9.90. The number of rotatable bonds is 3. The monoisotopic (exact) mass is 279 g/mol. The van der Waals surface area contributed by atoms with Gasteiger partial charge in [-0.15, -0.1) is 0 Å². The molecule has 0 unspecified atom stereocenters. The Bertz CT molecular complexity index is 651. The summed E-state index contributed by atoms with van der Waals surface area (Å²) in [5, 5.41) is 17.9. The first-order chi connectivity index (χ1) is 8.97. The molecule has 0 aliphatic heterocycles. The molecule has 2 rings (SSSR count). The van der Waals surface area contributed by atoms with E-state index in [9.17, 15) is 9.59 Å². The first-order valence-electron chi connectivity index (χ1n) is 5.33. The average molecular weight is 280 g/mol. The molecule has 98 valence electrons. The van der Waals surface area contributed by atoms with Gasteiger partial charge in [0.05, 0.1) is 10.6 Å². The van der Waals surface area contributed by atoms with Gasteiger partial charge in [0, 0.05) is 11.4 Å². The van der Waals surface area contributed by atoms with Crippen LogP contribution in [0.15, 0.2) is 24.3 Å². The van der Waals surface area contributed by atoms with Gasteiger partial charge in [-0.1, -0.05) is 11.6 Å². The van der Waals surface area contributed by atoms with E-state index in [0.29, 0.717) is 5.69 Å². The molecule has 0 fully saturated rings. The smallest absolute Gasteiger partial charge is 0.337 e. The summed E-state index contributed by atoms with van der Waals surface area (Å²) < 4.78 is 0. The average Bonchev–Trinajstić information content (AvgIpc) is 2.75. The van der Waals surface area contributed by atoms with E-state index in [-0.39, 0.29) is 16.3 Å². The Morgan fingerprint density at radius 3 is 2.63 bits per heavy atom. The SMILES string of the molecule is Cc1cc(C(=O)Nc2ccc(C(=O)O)c(Cl)c2)n[nH]1. The molecule has 0 radical (unpaired) electrons. The number of benzene rings is 1. The Balaban J connectivity index is 2.18. The standard InChI is InChI=1S/C12H10ClN3O3/c1-6-4-10(16-15-6)11(17)14-7-2-3-8(12(18)19)9(13)5-7/h2-5H,1H3,(H,14,17)(H,15,16)(H,18,19). The summed E-state index contributed by atoms with van der Waals surface area (Å²) in [6.45, 7) is 1.78. The van der Waals surface area contributed by atoms with Crippen LogP contribution in [0.25, 0.3) is 0 Å². The van der Waals surface area contributed by atoms with Crippen molar-refractivity contribution in [3.05, 3.63) is 46.2 Å². The Kier molecular flexibility index (Phi) is 3.52. The van der Waals surface area contributed by atoms with E-state index < -0.39 is 11.9 Å². The summed E-state index contributed by atoms with van der Waals surface area (Å²) in [6.07, 6.45) is 0. The van der Waals surface area contributed by atoms with Crippen molar-refractivity contribution >= 4 is 29.2 Å². The van der Waals surface area contributed by atoms with Crippen molar-refractivity contribution in [2.45, 2.75) is 6.92 Å². The Morgan fingerprint density at radius 2 is 2.11 bits per heavy atom. The van der Waals surface area contributed by atoms with Crippen LogP contribution in [0.5, 0.6) is 0 Å². The zero-order chi connectivity index (χ0) is 14.0. The van der Waals surface area contributed by atoms with E-state index in [2.05, 4.69) is 15.5 Å². The topological polar surface area (TPSA) is 95.1 Å². The maximum absolute atomic E-state index is 11.8. The van der Waals surface area contributed by atoms with Crippen LogP contribution < -0.4 is 5.32 Å². The number of carbonyl (C=O) groups excluding carboxylic acids is 1. The highest BCUT2D eigenvalue weighted by atomic mass is 35.5. The van der Waals surface area contributed by atoms with E-state index in [0.717, 1.165) is 5.69 Å². The van der Waals surface area contributed by atoms with Crippen LogP contribution in [-0.2, 0) is 0 Å². The first-order valence-corrected chi connectivity index (χ1v) is 5.71. The molecule has 0 aliphatic carbocycles. The predicted molar refractivity (Wildman–Crippen MR) is 69.7 cm³/mol. The molecule has 1 aromatic carbocycles. The quantitative estimate of drug-likeness (QED) is 0.803. The molecule has 3 N–H and O–H groups in total. The molecule has 0 saturated carbocycles. The summed E-state index contributed by atoms with van der Waals surface area (Å²) in [6, 6.07) is 5.77. The van der Waals surface area contributed by atoms with Gasteiger partial charge in [-0.05, 0) is 31.2 Å².